The molecule has 2 aliphatic rings. The zero-order valence-corrected chi connectivity index (χ0v) is 13.0. The van der Waals surface area contributed by atoms with E-state index in [0.29, 0.717) is 6.04 Å². The molecule has 0 spiro atoms. The summed E-state index contributed by atoms with van der Waals surface area (Å²) in [5, 5.41) is 3.43. The molecule has 20 heavy (non-hydrogen) atoms. The van der Waals surface area contributed by atoms with Crippen LogP contribution in [0.3, 0.4) is 0 Å². The third-order valence-corrected chi connectivity index (χ3v) is 5.12. The average molecular weight is 273 g/mol. The second kappa shape index (κ2) is 5.84. The van der Waals surface area contributed by atoms with Crippen LogP contribution in [-0.2, 0) is 0 Å². The summed E-state index contributed by atoms with van der Waals surface area (Å²) < 4.78 is 0. The molecule has 0 saturated carbocycles. The molecule has 1 atom stereocenters. The van der Waals surface area contributed by atoms with Gasteiger partial charge in [0.05, 0.1) is 0 Å². The summed E-state index contributed by atoms with van der Waals surface area (Å²) in [7, 11) is 0. The number of aryl methyl sites for hydroxylation is 2. The van der Waals surface area contributed by atoms with Crippen molar-refractivity contribution >= 4 is 0 Å². The lowest BCUT2D eigenvalue weighted by atomic mass is 9.96. The SMILES string of the molecule is Cc1ccc(C(C)N2CC(N3CCNCC3)C2)cc1C. The maximum Gasteiger partial charge on any atom is 0.0351 e. The first-order chi connectivity index (χ1) is 9.65. The molecule has 2 fully saturated rings. The van der Waals surface area contributed by atoms with Gasteiger partial charge in [-0.2, -0.15) is 0 Å². The third kappa shape index (κ3) is 2.76. The number of benzene rings is 1. The number of rotatable bonds is 3. The number of piperazine rings is 1. The molecular formula is C17H27N3. The lowest BCUT2D eigenvalue weighted by Gasteiger charge is -2.49. The smallest absolute Gasteiger partial charge is 0.0351 e. The summed E-state index contributed by atoms with van der Waals surface area (Å²) in [5.41, 5.74) is 4.27. The van der Waals surface area contributed by atoms with E-state index in [9.17, 15) is 0 Å². The minimum atomic E-state index is 0.550. The average Bonchev–Trinajstić information content (AvgIpc) is 2.41. The minimum Gasteiger partial charge on any atom is -0.314 e. The highest BCUT2D eigenvalue weighted by Gasteiger charge is 2.35. The highest BCUT2D eigenvalue weighted by Crippen LogP contribution is 2.28. The van der Waals surface area contributed by atoms with Gasteiger partial charge in [0.25, 0.3) is 0 Å². The molecule has 0 aliphatic carbocycles. The summed E-state index contributed by atoms with van der Waals surface area (Å²) in [4.78, 5) is 5.26. The maximum atomic E-state index is 3.43. The number of hydrogen-bond donors (Lipinski definition) is 1. The van der Waals surface area contributed by atoms with E-state index in [-0.39, 0.29) is 0 Å². The Balaban J connectivity index is 1.57. The van der Waals surface area contributed by atoms with E-state index in [1.165, 1.54) is 42.9 Å². The summed E-state index contributed by atoms with van der Waals surface area (Å²) in [5.74, 6) is 0. The van der Waals surface area contributed by atoms with Crippen LogP contribution in [0.5, 0.6) is 0 Å². The van der Waals surface area contributed by atoms with Crippen molar-refractivity contribution in [3.8, 4) is 0 Å². The van der Waals surface area contributed by atoms with Crippen molar-refractivity contribution in [2.75, 3.05) is 39.3 Å². The zero-order chi connectivity index (χ0) is 14.1. The molecule has 2 heterocycles. The van der Waals surface area contributed by atoms with Crippen LogP contribution >= 0.6 is 0 Å². The molecule has 0 bridgehead atoms. The number of nitrogens with zero attached hydrogens (tertiary/aromatic N) is 2. The molecule has 1 unspecified atom stereocenters. The Bertz CT molecular complexity index is 459. The molecule has 110 valence electrons. The summed E-state index contributed by atoms with van der Waals surface area (Å²) in [6, 6.07) is 8.25. The second-order valence-corrected chi connectivity index (χ2v) is 6.41. The van der Waals surface area contributed by atoms with Gasteiger partial charge in [0.2, 0.25) is 0 Å². The zero-order valence-electron chi connectivity index (χ0n) is 13.0. The Morgan fingerprint density at radius 1 is 1.10 bits per heavy atom. The van der Waals surface area contributed by atoms with Crippen LogP contribution in [0, 0.1) is 13.8 Å². The van der Waals surface area contributed by atoms with E-state index in [2.05, 4.69) is 54.1 Å². The summed E-state index contributed by atoms with van der Waals surface area (Å²) in [6.45, 7) is 14.0. The molecule has 1 aromatic carbocycles. The largest absolute Gasteiger partial charge is 0.314 e. The van der Waals surface area contributed by atoms with E-state index >= 15 is 0 Å². The first kappa shape index (κ1) is 14.1. The number of hydrogen-bond acceptors (Lipinski definition) is 3. The van der Waals surface area contributed by atoms with Gasteiger partial charge in [0, 0.05) is 51.4 Å². The molecule has 2 saturated heterocycles. The Labute approximate surface area is 123 Å². The second-order valence-electron chi connectivity index (χ2n) is 6.41. The van der Waals surface area contributed by atoms with Gasteiger partial charge in [-0.25, -0.2) is 0 Å². The first-order valence-corrected chi connectivity index (χ1v) is 7.91. The monoisotopic (exact) mass is 273 g/mol. The van der Waals surface area contributed by atoms with E-state index < -0.39 is 0 Å². The van der Waals surface area contributed by atoms with Crippen LogP contribution in [0.2, 0.25) is 0 Å². The van der Waals surface area contributed by atoms with Gasteiger partial charge >= 0.3 is 0 Å². The fraction of sp³-hybridized carbons (Fsp3) is 0.647. The predicted molar refractivity (Wildman–Crippen MR) is 84.1 cm³/mol. The first-order valence-electron chi connectivity index (χ1n) is 7.91. The van der Waals surface area contributed by atoms with Crippen LogP contribution in [0.25, 0.3) is 0 Å². The quantitative estimate of drug-likeness (QED) is 0.908. The van der Waals surface area contributed by atoms with Gasteiger partial charge in [-0.15, -0.1) is 0 Å². The fourth-order valence-corrected chi connectivity index (χ4v) is 3.32. The van der Waals surface area contributed by atoms with Crippen LogP contribution in [0.4, 0.5) is 0 Å². The maximum absolute atomic E-state index is 3.43. The van der Waals surface area contributed by atoms with Crippen molar-refractivity contribution < 1.29 is 0 Å². The van der Waals surface area contributed by atoms with Crippen LogP contribution in [0.1, 0.15) is 29.7 Å². The highest BCUT2D eigenvalue weighted by molar-refractivity contribution is 5.31. The van der Waals surface area contributed by atoms with Gasteiger partial charge in [0.1, 0.15) is 0 Å². The molecule has 1 aromatic rings. The predicted octanol–water partition coefficient (Wildman–Crippen LogP) is 1.95. The van der Waals surface area contributed by atoms with Crippen molar-refractivity contribution in [3.63, 3.8) is 0 Å². The Morgan fingerprint density at radius 2 is 1.80 bits per heavy atom. The van der Waals surface area contributed by atoms with Crippen molar-refractivity contribution in [2.24, 2.45) is 0 Å². The molecule has 1 N–H and O–H groups in total. The molecule has 2 aliphatic heterocycles. The third-order valence-electron chi connectivity index (χ3n) is 5.12. The van der Waals surface area contributed by atoms with Crippen LogP contribution < -0.4 is 5.32 Å². The normalized spacial score (nSPS) is 23.6. The molecule has 0 aromatic heterocycles. The van der Waals surface area contributed by atoms with E-state index in [4.69, 9.17) is 0 Å². The van der Waals surface area contributed by atoms with Gasteiger partial charge in [-0.1, -0.05) is 18.2 Å². The number of nitrogens with one attached hydrogen (secondary N) is 1. The lowest BCUT2D eigenvalue weighted by molar-refractivity contribution is 0.00346. The topological polar surface area (TPSA) is 18.5 Å². The van der Waals surface area contributed by atoms with Gasteiger partial charge in [-0.05, 0) is 37.5 Å². The van der Waals surface area contributed by atoms with Crippen LogP contribution in [0.15, 0.2) is 18.2 Å². The molecule has 3 nitrogen and oxygen atoms in total. The standard InChI is InChI=1S/C17H27N3/c1-13-4-5-16(10-14(13)2)15(3)20-11-17(12-20)19-8-6-18-7-9-19/h4-5,10,15,17-18H,6-9,11-12H2,1-3H3. The van der Waals surface area contributed by atoms with E-state index in [1.807, 2.05) is 0 Å². The molecule has 0 amide bonds. The molecular weight excluding hydrogens is 246 g/mol. The van der Waals surface area contributed by atoms with Crippen molar-refractivity contribution in [3.05, 3.63) is 34.9 Å². The lowest BCUT2D eigenvalue weighted by Crippen LogP contribution is -2.62. The fourth-order valence-electron chi connectivity index (χ4n) is 3.32. The molecule has 0 radical (unpaired) electrons. The summed E-state index contributed by atoms with van der Waals surface area (Å²) >= 11 is 0. The van der Waals surface area contributed by atoms with Crippen molar-refractivity contribution in [1.82, 2.24) is 15.1 Å². The van der Waals surface area contributed by atoms with Gasteiger partial charge in [-0.3, -0.25) is 9.80 Å². The Kier molecular flexibility index (Phi) is 4.11. The highest BCUT2D eigenvalue weighted by atomic mass is 15.3. The molecule has 3 rings (SSSR count). The van der Waals surface area contributed by atoms with Gasteiger partial charge < -0.3 is 5.32 Å². The summed E-state index contributed by atoms with van der Waals surface area (Å²) in [6.07, 6.45) is 0. The molecule has 3 heteroatoms. The van der Waals surface area contributed by atoms with Crippen molar-refractivity contribution in [2.45, 2.75) is 32.9 Å². The van der Waals surface area contributed by atoms with E-state index in [0.717, 1.165) is 19.1 Å². The number of likely N-dealkylation sites (tertiary alicyclic amines) is 1. The van der Waals surface area contributed by atoms with Crippen LogP contribution in [-0.4, -0.2) is 55.1 Å². The Morgan fingerprint density at radius 3 is 2.45 bits per heavy atom. The minimum absolute atomic E-state index is 0.550. The van der Waals surface area contributed by atoms with E-state index in [1.54, 1.807) is 0 Å². The Hall–Kier alpha value is -0.900. The van der Waals surface area contributed by atoms with Gasteiger partial charge in [0.15, 0.2) is 0 Å². The van der Waals surface area contributed by atoms with Crippen molar-refractivity contribution in [1.29, 1.82) is 0 Å².